The molecule has 3 rings (SSSR count). The van der Waals surface area contributed by atoms with Crippen LogP contribution in [0.25, 0.3) is 5.69 Å². The Morgan fingerprint density at radius 3 is 2.61 bits per heavy atom. The molecule has 0 spiro atoms. The Bertz CT molecular complexity index is 1030. The minimum atomic E-state index is -4.58. The minimum absolute atomic E-state index is 0.000241. The number of alkyl halides is 3. The summed E-state index contributed by atoms with van der Waals surface area (Å²) in [5, 5.41) is 10.5. The van der Waals surface area contributed by atoms with Gasteiger partial charge in [0.15, 0.2) is 11.8 Å². The summed E-state index contributed by atoms with van der Waals surface area (Å²) in [5.41, 5.74) is -0.348. The molecule has 3 aromatic rings. The van der Waals surface area contributed by atoms with E-state index in [-0.39, 0.29) is 22.2 Å². The first kappa shape index (κ1) is 20.2. The van der Waals surface area contributed by atoms with Crippen LogP contribution in [0.2, 0.25) is 10.0 Å². The zero-order valence-corrected chi connectivity index (χ0v) is 16.0. The first-order chi connectivity index (χ1) is 13.1. The Balaban J connectivity index is 1.87. The quantitative estimate of drug-likeness (QED) is 0.583. The lowest BCUT2D eigenvalue weighted by atomic mass is 10.1. The molecule has 0 radical (unpaired) electrons. The van der Waals surface area contributed by atoms with E-state index in [1.807, 2.05) is 0 Å². The second kappa shape index (κ2) is 7.48. The number of nitrogens with zero attached hydrogens (tertiary/aromatic N) is 3. The number of H-pyrrole nitrogens is 1. The predicted molar refractivity (Wildman–Crippen MR) is 96.3 cm³/mol. The van der Waals surface area contributed by atoms with Crippen molar-refractivity contribution in [1.82, 2.24) is 20.0 Å². The predicted octanol–water partition coefficient (Wildman–Crippen LogP) is 4.88. The SMILES string of the molecule is Cc1n[nH]c(OC(C)C(=O)c2ccc(Cl)cc2Cl)c1-n1ccc(C(F)(F)F)n1. The summed E-state index contributed by atoms with van der Waals surface area (Å²) < 4.78 is 45.1. The lowest BCUT2D eigenvalue weighted by Gasteiger charge is -2.14. The van der Waals surface area contributed by atoms with E-state index in [9.17, 15) is 18.0 Å². The molecule has 1 unspecified atom stereocenters. The van der Waals surface area contributed by atoms with E-state index in [4.69, 9.17) is 27.9 Å². The van der Waals surface area contributed by atoms with Gasteiger partial charge in [0.1, 0.15) is 5.69 Å². The summed E-state index contributed by atoms with van der Waals surface area (Å²) in [5.74, 6) is -0.434. The number of rotatable bonds is 5. The van der Waals surface area contributed by atoms with Gasteiger partial charge in [0.25, 0.3) is 0 Å². The highest BCUT2D eigenvalue weighted by molar-refractivity contribution is 6.37. The zero-order chi connectivity index (χ0) is 20.6. The molecule has 1 aromatic carbocycles. The molecule has 1 atom stereocenters. The number of aromatic amines is 1. The summed E-state index contributed by atoms with van der Waals surface area (Å²) in [4.78, 5) is 12.6. The maximum Gasteiger partial charge on any atom is 0.435 e. The molecule has 0 aliphatic heterocycles. The standard InChI is InChI=1S/C17H13Cl2F3N4O2/c1-8-14(26-6-5-13(25-26)17(20,21)22)16(24-23-8)28-9(2)15(27)11-4-3-10(18)7-12(11)19/h3-7,9H,1-2H3,(H,23,24). The van der Waals surface area contributed by atoms with Crippen molar-refractivity contribution in [1.29, 1.82) is 0 Å². The molecular weight excluding hydrogens is 420 g/mol. The topological polar surface area (TPSA) is 72.8 Å². The molecule has 0 aliphatic rings. The van der Waals surface area contributed by atoms with Crippen LogP contribution in [0.15, 0.2) is 30.5 Å². The molecule has 1 N–H and O–H groups in total. The summed E-state index contributed by atoms with van der Waals surface area (Å²) in [7, 11) is 0. The number of hydrogen-bond acceptors (Lipinski definition) is 4. The molecule has 0 amide bonds. The van der Waals surface area contributed by atoms with Crippen molar-refractivity contribution >= 4 is 29.0 Å². The number of carbonyl (C=O) groups is 1. The number of aromatic nitrogens is 4. The average molecular weight is 433 g/mol. The average Bonchev–Trinajstić information content (AvgIpc) is 3.21. The third-order valence-electron chi connectivity index (χ3n) is 3.85. The molecule has 2 aromatic heterocycles. The van der Waals surface area contributed by atoms with Crippen LogP contribution in [-0.4, -0.2) is 31.9 Å². The van der Waals surface area contributed by atoms with Crippen molar-refractivity contribution in [2.75, 3.05) is 0 Å². The van der Waals surface area contributed by atoms with E-state index in [0.717, 1.165) is 16.9 Å². The highest BCUT2D eigenvalue weighted by Crippen LogP contribution is 2.30. The molecule has 6 nitrogen and oxygen atoms in total. The number of Topliss-reactive ketones (excluding diaryl/α,β-unsaturated/α-hetero) is 1. The van der Waals surface area contributed by atoms with E-state index < -0.39 is 23.8 Å². The molecule has 0 saturated carbocycles. The Hall–Kier alpha value is -2.52. The maximum absolute atomic E-state index is 12.8. The Morgan fingerprint density at radius 2 is 2.00 bits per heavy atom. The second-order valence-electron chi connectivity index (χ2n) is 5.88. The van der Waals surface area contributed by atoms with E-state index in [1.54, 1.807) is 6.92 Å². The fourth-order valence-corrected chi connectivity index (χ4v) is 3.00. The van der Waals surface area contributed by atoms with Gasteiger partial charge in [-0.2, -0.15) is 23.4 Å². The number of carbonyl (C=O) groups excluding carboxylic acids is 1. The van der Waals surface area contributed by atoms with E-state index in [2.05, 4.69) is 15.3 Å². The van der Waals surface area contributed by atoms with Crippen LogP contribution in [0.4, 0.5) is 13.2 Å². The van der Waals surface area contributed by atoms with Crippen LogP contribution in [0.3, 0.4) is 0 Å². The van der Waals surface area contributed by atoms with Crippen molar-refractivity contribution in [3.05, 3.63) is 57.5 Å². The first-order valence-corrected chi connectivity index (χ1v) is 8.67. The fourth-order valence-electron chi connectivity index (χ4n) is 2.50. The molecule has 0 saturated heterocycles. The van der Waals surface area contributed by atoms with Crippen LogP contribution < -0.4 is 4.74 Å². The summed E-state index contributed by atoms with van der Waals surface area (Å²) >= 11 is 11.9. The summed E-state index contributed by atoms with van der Waals surface area (Å²) in [6, 6.07) is 5.24. The molecule has 0 aliphatic carbocycles. The van der Waals surface area contributed by atoms with Gasteiger partial charge < -0.3 is 4.74 Å². The van der Waals surface area contributed by atoms with Crippen LogP contribution in [0, 0.1) is 6.92 Å². The van der Waals surface area contributed by atoms with Crippen LogP contribution >= 0.6 is 23.2 Å². The molecule has 148 valence electrons. The Morgan fingerprint density at radius 1 is 1.29 bits per heavy atom. The number of nitrogens with one attached hydrogen (secondary N) is 1. The van der Waals surface area contributed by atoms with E-state index in [1.165, 1.54) is 25.1 Å². The van der Waals surface area contributed by atoms with Crippen LogP contribution in [0.1, 0.15) is 28.7 Å². The highest BCUT2D eigenvalue weighted by atomic mass is 35.5. The maximum atomic E-state index is 12.8. The zero-order valence-electron chi connectivity index (χ0n) is 14.5. The number of halogens is 5. The third kappa shape index (κ3) is 4.00. The molecule has 2 heterocycles. The van der Waals surface area contributed by atoms with Crippen molar-refractivity contribution < 1.29 is 22.7 Å². The Kier molecular flexibility index (Phi) is 5.40. The van der Waals surface area contributed by atoms with Crippen molar-refractivity contribution in [2.45, 2.75) is 26.1 Å². The number of benzene rings is 1. The van der Waals surface area contributed by atoms with Crippen molar-refractivity contribution in [2.24, 2.45) is 0 Å². The van der Waals surface area contributed by atoms with Crippen LogP contribution in [-0.2, 0) is 6.18 Å². The summed E-state index contributed by atoms with van der Waals surface area (Å²) in [6.07, 6.45) is -4.45. The smallest absolute Gasteiger partial charge is 0.435 e. The van der Waals surface area contributed by atoms with Gasteiger partial charge >= 0.3 is 6.18 Å². The molecule has 0 fully saturated rings. The molecular formula is C17H13Cl2F3N4O2. The first-order valence-electron chi connectivity index (χ1n) is 7.92. The largest absolute Gasteiger partial charge is 0.465 e. The van der Waals surface area contributed by atoms with Gasteiger partial charge in [-0.15, -0.1) is 0 Å². The van der Waals surface area contributed by atoms with Gasteiger partial charge in [-0.25, -0.2) is 9.78 Å². The normalized spacial score (nSPS) is 12.8. The monoisotopic (exact) mass is 432 g/mol. The van der Waals surface area contributed by atoms with Crippen molar-refractivity contribution in [3.63, 3.8) is 0 Å². The van der Waals surface area contributed by atoms with Gasteiger partial charge in [-0.1, -0.05) is 23.2 Å². The number of hydrogen-bond donors (Lipinski definition) is 1. The number of ether oxygens (including phenoxy) is 1. The molecule has 28 heavy (non-hydrogen) atoms. The number of ketones is 1. The summed E-state index contributed by atoms with van der Waals surface area (Å²) in [6.45, 7) is 3.05. The van der Waals surface area contributed by atoms with Gasteiger partial charge in [-0.3, -0.25) is 4.79 Å². The lowest BCUT2D eigenvalue weighted by Crippen LogP contribution is -2.25. The minimum Gasteiger partial charge on any atom is -0.465 e. The second-order valence-corrected chi connectivity index (χ2v) is 6.72. The van der Waals surface area contributed by atoms with Crippen molar-refractivity contribution in [3.8, 4) is 11.6 Å². The third-order valence-corrected chi connectivity index (χ3v) is 4.40. The van der Waals surface area contributed by atoms with E-state index >= 15 is 0 Å². The fraction of sp³-hybridized carbons (Fsp3) is 0.235. The van der Waals surface area contributed by atoms with Gasteiger partial charge in [0.05, 0.1) is 10.7 Å². The van der Waals surface area contributed by atoms with Crippen LogP contribution in [0.5, 0.6) is 5.88 Å². The highest BCUT2D eigenvalue weighted by Gasteiger charge is 2.34. The van der Waals surface area contributed by atoms with Gasteiger partial charge in [0, 0.05) is 16.8 Å². The molecule has 0 bridgehead atoms. The van der Waals surface area contributed by atoms with Gasteiger partial charge in [-0.05, 0) is 38.1 Å². The Labute approximate surface area is 167 Å². The molecule has 11 heteroatoms. The van der Waals surface area contributed by atoms with Gasteiger partial charge in [0.2, 0.25) is 11.7 Å². The van der Waals surface area contributed by atoms with E-state index in [0.29, 0.717) is 10.7 Å². The number of aryl methyl sites for hydroxylation is 1. The lowest BCUT2D eigenvalue weighted by molar-refractivity contribution is -0.141.